The topological polar surface area (TPSA) is 212 Å². The fourth-order valence-electron chi connectivity index (χ4n) is 6.78. The number of nitrogens with one attached hydrogen (secondary N) is 4. The Hall–Kier alpha value is -5.42. The lowest BCUT2D eigenvalue weighted by molar-refractivity contribution is 0.0514. The number of hydrogen-bond donors (Lipinski definition) is 6. The average Bonchev–Trinajstić information content (AvgIpc) is 3.27. The van der Waals surface area contributed by atoms with Gasteiger partial charge in [-0.1, -0.05) is 60.7 Å². The van der Waals surface area contributed by atoms with Crippen LogP contribution in [0.4, 0.5) is 9.59 Å². The third kappa shape index (κ3) is 23.2. The molecule has 66 heavy (non-hydrogen) atoms. The van der Waals surface area contributed by atoms with Crippen LogP contribution in [0.1, 0.15) is 112 Å². The summed E-state index contributed by atoms with van der Waals surface area (Å²) in [6.45, 7) is 18.6. The van der Waals surface area contributed by atoms with Crippen molar-refractivity contribution in [2.45, 2.75) is 104 Å². The molecular formula is C50H78N8O8. The van der Waals surface area contributed by atoms with Gasteiger partial charge in [0.25, 0.3) is 11.8 Å². The number of amides is 4. The van der Waals surface area contributed by atoms with E-state index in [2.05, 4.69) is 31.1 Å². The minimum absolute atomic E-state index is 0.138. The van der Waals surface area contributed by atoms with Crippen LogP contribution in [0.5, 0.6) is 11.5 Å². The Kier molecular flexibility index (Phi) is 24.9. The fourth-order valence-corrected chi connectivity index (χ4v) is 6.78. The molecule has 0 atom stereocenters. The zero-order valence-corrected chi connectivity index (χ0v) is 40.4. The molecule has 0 radical (unpaired) electrons. The molecule has 0 spiro atoms. The predicted octanol–water partition coefficient (Wildman–Crippen LogP) is 6.22. The molecular weight excluding hydrogens is 841 g/mol. The molecule has 0 fully saturated rings. The number of carbonyl (C=O) groups excluding carboxylic acids is 4. The van der Waals surface area contributed by atoms with Crippen LogP contribution in [0.2, 0.25) is 0 Å². The molecule has 0 aliphatic rings. The van der Waals surface area contributed by atoms with E-state index < -0.39 is 23.4 Å². The molecule has 0 saturated heterocycles. The van der Waals surface area contributed by atoms with Gasteiger partial charge in [-0.05, 0) is 156 Å². The standard InChI is InChI=1S/C50H78N8O8/c1-49(2,3)65-47(61)55-29-17-35-57(31-13-25-51)33-15-27-53-45(59)41-23-24-42(44(64-38-40-21-11-8-12-22-40)43(41)63-37-39-19-9-7-10-20-39)46(60)54-28-16-34-58(32-14-26-52)36-18-30-56-48(62)66-50(4,5)6/h7-12,19-24H,13-18,25-38,51-52H2,1-6H3,(H,53,59)(H,54,60)(H,55,61)(H,56,62). The van der Waals surface area contributed by atoms with Crippen LogP contribution in [0.25, 0.3) is 0 Å². The summed E-state index contributed by atoms with van der Waals surface area (Å²) < 4.78 is 23.6. The van der Waals surface area contributed by atoms with Gasteiger partial charge < -0.3 is 61.5 Å². The molecule has 3 rings (SSSR count). The predicted molar refractivity (Wildman–Crippen MR) is 260 cm³/mol. The zero-order chi connectivity index (χ0) is 48.2. The summed E-state index contributed by atoms with van der Waals surface area (Å²) in [5, 5.41) is 11.8. The van der Waals surface area contributed by atoms with Crippen molar-refractivity contribution in [2.24, 2.45) is 11.5 Å². The van der Waals surface area contributed by atoms with Gasteiger partial charge in [-0.2, -0.15) is 0 Å². The number of hydrogen-bond acceptors (Lipinski definition) is 12. The molecule has 0 aliphatic carbocycles. The number of rotatable bonds is 30. The molecule has 16 nitrogen and oxygen atoms in total. The molecule has 8 N–H and O–H groups in total. The van der Waals surface area contributed by atoms with Gasteiger partial charge in [0, 0.05) is 26.2 Å². The number of alkyl carbamates (subject to hydrolysis) is 2. The van der Waals surface area contributed by atoms with Crippen molar-refractivity contribution < 1.29 is 38.1 Å². The van der Waals surface area contributed by atoms with Gasteiger partial charge in [-0.25, -0.2) is 9.59 Å². The zero-order valence-electron chi connectivity index (χ0n) is 40.4. The number of carbonyl (C=O) groups is 4. The summed E-state index contributed by atoms with van der Waals surface area (Å²) in [7, 11) is 0. The maximum absolute atomic E-state index is 14.0. The first-order chi connectivity index (χ1) is 31.6. The molecule has 0 bridgehead atoms. The Labute approximate surface area is 393 Å². The summed E-state index contributed by atoms with van der Waals surface area (Å²) in [5.74, 6) is -0.364. The Morgan fingerprint density at radius 3 is 1.11 bits per heavy atom. The quantitative estimate of drug-likeness (QED) is 0.0412. The fraction of sp³-hybridized carbons (Fsp3) is 0.560. The van der Waals surface area contributed by atoms with E-state index in [-0.39, 0.29) is 47.7 Å². The van der Waals surface area contributed by atoms with Crippen molar-refractivity contribution in [3.05, 3.63) is 95.1 Å². The Morgan fingerprint density at radius 1 is 0.470 bits per heavy atom. The molecule has 3 aromatic carbocycles. The van der Waals surface area contributed by atoms with Crippen molar-refractivity contribution in [1.29, 1.82) is 0 Å². The van der Waals surface area contributed by atoms with E-state index in [1.165, 1.54) is 0 Å². The van der Waals surface area contributed by atoms with Gasteiger partial charge in [0.15, 0.2) is 11.5 Å². The maximum Gasteiger partial charge on any atom is 0.407 e. The maximum atomic E-state index is 14.0. The average molecular weight is 919 g/mol. The first-order valence-electron chi connectivity index (χ1n) is 23.4. The van der Waals surface area contributed by atoms with Crippen LogP contribution < -0.4 is 42.2 Å². The van der Waals surface area contributed by atoms with Crippen molar-refractivity contribution in [2.75, 3.05) is 78.5 Å². The minimum Gasteiger partial charge on any atom is -0.484 e. The highest BCUT2D eigenvalue weighted by atomic mass is 16.6. The van der Waals surface area contributed by atoms with Crippen molar-refractivity contribution in [3.63, 3.8) is 0 Å². The SMILES string of the molecule is CC(C)(C)OC(=O)NCCCN(CCCN)CCCNC(=O)c1ccc(C(=O)NCCCN(CCCN)CCCNC(=O)OC(C)(C)C)c(OCc2ccccc2)c1OCc1ccccc1. The summed E-state index contributed by atoms with van der Waals surface area (Å²) >= 11 is 0. The highest BCUT2D eigenvalue weighted by Crippen LogP contribution is 2.37. The molecule has 0 aliphatic heterocycles. The van der Waals surface area contributed by atoms with Gasteiger partial charge in [-0.15, -0.1) is 0 Å². The van der Waals surface area contributed by atoms with Crippen LogP contribution >= 0.6 is 0 Å². The molecule has 4 amide bonds. The second kappa shape index (κ2) is 30.0. The highest BCUT2D eigenvalue weighted by Gasteiger charge is 2.25. The lowest BCUT2D eigenvalue weighted by atomic mass is 10.1. The van der Waals surface area contributed by atoms with Crippen LogP contribution in [-0.4, -0.2) is 124 Å². The van der Waals surface area contributed by atoms with Crippen LogP contribution in [0.15, 0.2) is 72.8 Å². The van der Waals surface area contributed by atoms with E-state index in [4.69, 9.17) is 30.4 Å². The van der Waals surface area contributed by atoms with Crippen LogP contribution in [-0.2, 0) is 22.7 Å². The number of ether oxygens (including phenoxy) is 4. The second-order valence-corrected chi connectivity index (χ2v) is 18.1. The molecule has 0 heterocycles. The largest absolute Gasteiger partial charge is 0.484 e. The van der Waals surface area contributed by atoms with E-state index in [0.717, 1.165) is 63.0 Å². The molecule has 3 aromatic rings. The van der Waals surface area contributed by atoms with Crippen molar-refractivity contribution in [1.82, 2.24) is 31.1 Å². The number of nitrogens with two attached hydrogens (primary N) is 2. The van der Waals surface area contributed by atoms with Crippen molar-refractivity contribution >= 4 is 24.0 Å². The van der Waals surface area contributed by atoms with Gasteiger partial charge in [0.1, 0.15) is 24.4 Å². The van der Waals surface area contributed by atoms with E-state index in [0.29, 0.717) is 65.2 Å². The molecule has 0 unspecified atom stereocenters. The van der Waals surface area contributed by atoms with Gasteiger partial charge in [0.2, 0.25) is 0 Å². The molecule has 16 heteroatoms. The first-order valence-corrected chi connectivity index (χ1v) is 23.4. The lowest BCUT2D eigenvalue weighted by Gasteiger charge is -2.23. The number of benzene rings is 3. The minimum atomic E-state index is -0.564. The van der Waals surface area contributed by atoms with Gasteiger partial charge >= 0.3 is 12.2 Å². The smallest absolute Gasteiger partial charge is 0.407 e. The van der Waals surface area contributed by atoms with Crippen LogP contribution in [0, 0.1) is 0 Å². The lowest BCUT2D eigenvalue weighted by Crippen LogP contribution is -2.36. The third-order valence-corrected chi connectivity index (χ3v) is 9.92. The Balaban J connectivity index is 1.74. The van der Waals surface area contributed by atoms with E-state index in [9.17, 15) is 19.2 Å². The van der Waals surface area contributed by atoms with Gasteiger partial charge in [-0.3, -0.25) is 9.59 Å². The molecule has 366 valence electrons. The van der Waals surface area contributed by atoms with Crippen molar-refractivity contribution in [3.8, 4) is 11.5 Å². The van der Waals surface area contributed by atoms with Crippen LogP contribution in [0.3, 0.4) is 0 Å². The summed E-state index contributed by atoms with van der Waals surface area (Å²) in [6.07, 6.45) is 3.56. The van der Waals surface area contributed by atoms with Gasteiger partial charge in [0.05, 0.1) is 11.1 Å². The number of nitrogens with zero attached hydrogens (tertiary/aromatic N) is 2. The molecule has 0 saturated carbocycles. The normalized spacial score (nSPS) is 11.5. The van der Waals surface area contributed by atoms with E-state index in [1.54, 1.807) is 12.1 Å². The van der Waals surface area contributed by atoms with E-state index >= 15 is 0 Å². The summed E-state index contributed by atoms with van der Waals surface area (Å²) in [5.41, 5.74) is 12.8. The third-order valence-electron chi connectivity index (χ3n) is 9.92. The van der Waals surface area contributed by atoms with E-state index in [1.807, 2.05) is 102 Å². The Morgan fingerprint density at radius 2 is 0.788 bits per heavy atom. The molecule has 0 aromatic heterocycles. The monoisotopic (exact) mass is 919 g/mol. The highest BCUT2D eigenvalue weighted by molar-refractivity contribution is 6.03. The second-order valence-electron chi connectivity index (χ2n) is 18.1. The summed E-state index contributed by atoms with van der Waals surface area (Å²) in [4.78, 5) is 56.8. The summed E-state index contributed by atoms with van der Waals surface area (Å²) in [6, 6.07) is 22.4. The first kappa shape index (κ1) is 54.9. The Bertz CT molecular complexity index is 1740.